The van der Waals surface area contributed by atoms with Gasteiger partial charge in [-0.2, -0.15) is 0 Å². The van der Waals surface area contributed by atoms with Gasteiger partial charge in [-0.25, -0.2) is 0 Å². The number of benzene rings is 1. The molecule has 1 unspecified atom stereocenters. The van der Waals surface area contributed by atoms with E-state index in [2.05, 4.69) is 19.2 Å². The van der Waals surface area contributed by atoms with E-state index in [1.54, 1.807) is 0 Å². The number of phenolic OH excluding ortho intramolecular Hbond substituents is 1. The highest BCUT2D eigenvalue weighted by Gasteiger charge is 2.26. The average Bonchev–Trinajstić information content (AvgIpc) is 2.55. The van der Waals surface area contributed by atoms with Crippen LogP contribution in [-0.2, 0) is 11.2 Å². The lowest BCUT2D eigenvalue weighted by Gasteiger charge is -2.24. The van der Waals surface area contributed by atoms with Gasteiger partial charge in [0.05, 0.1) is 5.92 Å². The van der Waals surface area contributed by atoms with Crippen molar-refractivity contribution in [3.8, 4) is 11.5 Å². The molecular weight excluding hydrogens is 302 g/mol. The van der Waals surface area contributed by atoms with E-state index in [1.807, 2.05) is 26.8 Å². The molecule has 0 spiro atoms. The number of nitrogens with one attached hydrogen (secondary N) is 1. The van der Waals surface area contributed by atoms with Crippen molar-refractivity contribution >= 4 is 5.97 Å². The monoisotopic (exact) mass is 333 g/mol. The van der Waals surface area contributed by atoms with E-state index in [-0.39, 0.29) is 23.7 Å². The van der Waals surface area contributed by atoms with E-state index >= 15 is 0 Å². The molecule has 0 amide bonds. The summed E-state index contributed by atoms with van der Waals surface area (Å²) in [5.74, 6) is 1.08. The Labute approximate surface area is 145 Å². The second kappa shape index (κ2) is 8.02. The Morgan fingerprint density at radius 2 is 2.04 bits per heavy atom. The number of ether oxygens (including phenoxy) is 1. The molecule has 1 fully saturated rings. The molecule has 134 valence electrons. The largest absolute Gasteiger partial charge is 0.507 e. The first-order chi connectivity index (χ1) is 11.4. The third kappa shape index (κ3) is 3.92. The lowest BCUT2D eigenvalue weighted by Crippen LogP contribution is -2.36. The van der Waals surface area contributed by atoms with Gasteiger partial charge in [-0.3, -0.25) is 4.79 Å². The molecule has 1 aromatic rings. The zero-order valence-electron chi connectivity index (χ0n) is 15.6. The molecule has 0 aliphatic carbocycles. The standard InChI is InChI=1S/C20H31NO3/c1-6-15-17(24-20(23)14-8-7-9-21-11-14)10-16(12(2)3)19(22)18(15)13(4)5/h10,12-14,21-22H,6-9,11H2,1-5H3. The Bertz CT molecular complexity index is 587. The molecule has 0 radical (unpaired) electrons. The molecule has 1 atom stereocenters. The molecule has 1 saturated heterocycles. The van der Waals surface area contributed by atoms with Gasteiger partial charge in [0, 0.05) is 23.2 Å². The molecular formula is C20H31NO3. The van der Waals surface area contributed by atoms with Crippen LogP contribution in [0.5, 0.6) is 11.5 Å². The van der Waals surface area contributed by atoms with Crippen molar-refractivity contribution in [3.05, 3.63) is 22.8 Å². The van der Waals surface area contributed by atoms with Gasteiger partial charge in [-0.05, 0) is 43.7 Å². The fourth-order valence-corrected chi connectivity index (χ4v) is 3.49. The smallest absolute Gasteiger partial charge is 0.315 e. The van der Waals surface area contributed by atoms with Crippen LogP contribution in [-0.4, -0.2) is 24.2 Å². The van der Waals surface area contributed by atoms with Crippen molar-refractivity contribution < 1.29 is 14.6 Å². The maximum Gasteiger partial charge on any atom is 0.315 e. The molecule has 2 N–H and O–H groups in total. The second-order valence-electron chi connectivity index (χ2n) is 7.33. The number of phenols is 1. The Hall–Kier alpha value is -1.55. The Kier molecular flexibility index (Phi) is 6.27. The summed E-state index contributed by atoms with van der Waals surface area (Å²) in [6.07, 6.45) is 2.61. The van der Waals surface area contributed by atoms with Crippen molar-refractivity contribution in [2.24, 2.45) is 5.92 Å². The normalized spacial score (nSPS) is 18.2. The second-order valence-corrected chi connectivity index (χ2v) is 7.33. The van der Waals surface area contributed by atoms with Crippen molar-refractivity contribution in [1.82, 2.24) is 5.32 Å². The Morgan fingerprint density at radius 3 is 2.54 bits per heavy atom. The van der Waals surface area contributed by atoms with Gasteiger partial charge in [-0.1, -0.05) is 34.6 Å². The first-order valence-electron chi connectivity index (χ1n) is 9.17. The molecule has 0 saturated carbocycles. The van der Waals surface area contributed by atoms with Crippen LogP contribution in [0.15, 0.2) is 6.07 Å². The van der Waals surface area contributed by atoms with Crippen molar-refractivity contribution in [1.29, 1.82) is 0 Å². The fourth-order valence-electron chi connectivity index (χ4n) is 3.49. The summed E-state index contributed by atoms with van der Waals surface area (Å²) in [6, 6.07) is 1.86. The topological polar surface area (TPSA) is 58.6 Å². The molecule has 0 aromatic heterocycles. The predicted molar refractivity (Wildman–Crippen MR) is 96.9 cm³/mol. The highest BCUT2D eigenvalue weighted by atomic mass is 16.5. The highest BCUT2D eigenvalue weighted by Crippen LogP contribution is 2.41. The number of piperidine rings is 1. The van der Waals surface area contributed by atoms with E-state index in [4.69, 9.17) is 4.74 Å². The quantitative estimate of drug-likeness (QED) is 0.629. The van der Waals surface area contributed by atoms with E-state index in [0.717, 1.165) is 42.5 Å². The minimum absolute atomic E-state index is 0.0812. The van der Waals surface area contributed by atoms with Gasteiger partial charge < -0.3 is 15.2 Å². The number of hydrogen-bond donors (Lipinski definition) is 2. The van der Waals surface area contributed by atoms with Crippen LogP contribution in [0.2, 0.25) is 0 Å². The minimum Gasteiger partial charge on any atom is -0.507 e. The van der Waals surface area contributed by atoms with Crippen molar-refractivity contribution in [2.75, 3.05) is 13.1 Å². The molecule has 4 heteroatoms. The predicted octanol–water partition coefficient (Wildman–Crippen LogP) is 4.11. The zero-order chi connectivity index (χ0) is 17.9. The third-order valence-electron chi connectivity index (χ3n) is 4.83. The number of carbonyl (C=O) groups is 1. The Morgan fingerprint density at radius 1 is 1.33 bits per heavy atom. The summed E-state index contributed by atoms with van der Waals surface area (Å²) in [5, 5.41) is 14.0. The third-order valence-corrected chi connectivity index (χ3v) is 4.83. The van der Waals surface area contributed by atoms with Crippen molar-refractivity contribution in [2.45, 2.75) is 65.7 Å². The highest BCUT2D eigenvalue weighted by molar-refractivity contribution is 5.76. The van der Waals surface area contributed by atoms with Gasteiger partial charge in [0.2, 0.25) is 0 Å². The maximum absolute atomic E-state index is 12.6. The van der Waals surface area contributed by atoms with Crippen LogP contribution in [0, 0.1) is 5.92 Å². The van der Waals surface area contributed by atoms with Crippen LogP contribution in [0.1, 0.15) is 76.0 Å². The number of aromatic hydroxyl groups is 1. The maximum atomic E-state index is 12.6. The number of carbonyl (C=O) groups excluding carboxylic acids is 1. The van der Waals surface area contributed by atoms with E-state index < -0.39 is 0 Å². The fraction of sp³-hybridized carbons (Fsp3) is 0.650. The lowest BCUT2D eigenvalue weighted by molar-refractivity contribution is -0.139. The minimum atomic E-state index is -0.160. The first kappa shape index (κ1) is 18.8. The van der Waals surface area contributed by atoms with Crippen LogP contribution in [0.3, 0.4) is 0 Å². The lowest BCUT2D eigenvalue weighted by atomic mass is 9.88. The SMILES string of the molecule is CCc1c(OC(=O)C2CCCNC2)cc(C(C)C)c(O)c1C(C)C. The summed E-state index contributed by atoms with van der Waals surface area (Å²) in [7, 11) is 0. The Balaban J connectivity index is 2.41. The molecule has 1 heterocycles. The molecule has 1 aromatic carbocycles. The van der Waals surface area contributed by atoms with Gasteiger partial charge in [0.25, 0.3) is 0 Å². The van der Waals surface area contributed by atoms with Gasteiger partial charge >= 0.3 is 5.97 Å². The molecule has 24 heavy (non-hydrogen) atoms. The van der Waals surface area contributed by atoms with Crippen LogP contribution in [0.25, 0.3) is 0 Å². The van der Waals surface area contributed by atoms with Gasteiger partial charge in [0.15, 0.2) is 0 Å². The van der Waals surface area contributed by atoms with Crippen molar-refractivity contribution in [3.63, 3.8) is 0 Å². The molecule has 0 bridgehead atoms. The first-order valence-corrected chi connectivity index (χ1v) is 9.17. The summed E-state index contributed by atoms with van der Waals surface area (Å²) >= 11 is 0. The van der Waals surface area contributed by atoms with Crippen LogP contribution >= 0.6 is 0 Å². The number of hydrogen-bond acceptors (Lipinski definition) is 4. The summed E-state index contributed by atoms with van der Waals surface area (Å²) in [4.78, 5) is 12.6. The number of rotatable bonds is 5. The summed E-state index contributed by atoms with van der Waals surface area (Å²) < 4.78 is 5.82. The van der Waals surface area contributed by atoms with Crippen LogP contribution in [0.4, 0.5) is 0 Å². The zero-order valence-corrected chi connectivity index (χ0v) is 15.6. The molecule has 4 nitrogen and oxygen atoms in total. The van der Waals surface area contributed by atoms with Gasteiger partial charge in [0.1, 0.15) is 11.5 Å². The van der Waals surface area contributed by atoms with E-state index in [0.29, 0.717) is 18.0 Å². The molecule has 1 aliphatic rings. The van der Waals surface area contributed by atoms with E-state index in [1.165, 1.54) is 0 Å². The molecule has 2 rings (SSSR count). The van der Waals surface area contributed by atoms with Crippen LogP contribution < -0.4 is 10.1 Å². The average molecular weight is 333 g/mol. The summed E-state index contributed by atoms with van der Waals surface area (Å²) in [6.45, 7) is 11.9. The van der Waals surface area contributed by atoms with Gasteiger partial charge in [-0.15, -0.1) is 0 Å². The van der Waals surface area contributed by atoms with E-state index in [9.17, 15) is 9.90 Å². The number of esters is 1. The molecule has 1 aliphatic heterocycles. The summed E-state index contributed by atoms with van der Waals surface area (Å²) in [5.41, 5.74) is 2.71.